The number of methoxy groups -OCH3 is 1. The number of rotatable bonds is 10. The van der Waals surface area contributed by atoms with Crippen LogP contribution in [-0.2, 0) is 9.47 Å². The molecule has 5 heteroatoms. The number of guanidine groups is 1. The second-order valence-electron chi connectivity index (χ2n) is 5.60. The first-order valence-electron chi connectivity index (χ1n) is 8.36. The fourth-order valence-electron chi connectivity index (χ4n) is 2.98. The number of ether oxygens (including phenoxy) is 2. The van der Waals surface area contributed by atoms with Crippen LogP contribution in [0.1, 0.15) is 45.4 Å². The van der Waals surface area contributed by atoms with Gasteiger partial charge in [-0.2, -0.15) is 0 Å². The quantitative estimate of drug-likeness (QED) is 0.369. The van der Waals surface area contributed by atoms with Crippen LogP contribution in [0.4, 0.5) is 0 Å². The number of hydrogen-bond donors (Lipinski definition) is 2. The molecule has 0 heterocycles. The molecule has 0 bridgehead atoms. The van der Waals surface area contributed by atoms with E-state index < -0.39 is 0 Å². The molecule has 0 aromatic rings. The molecule has 1 atom stereocenters. The maximum atomic E-state index is 5.94. The molecule has 21 heavy (non-hydrogen) atoms. The smallest absolute Gasteiger partial charge is 0.190 e. The van der Waals surface area contributed by atoms with Crippen LogP contribution in [0.15, 0.2) is 4.99 Å². The highest BCUT2D eigenvalue weighted by Gasteiger charge is 2.24. The van der Waals surface area contributed by atoms with Gasteiger partial charge in [0.2, 0.25) is 0 Å². The molecule has 0 amide bonds. The Kier molecular flexibility index (Phi) is 10.3. The first-order valence-corrected chi connectivity index (χ1v) is 8.36. The Morgan fingerprint density at radius 1 is 1.24 bits per heavy atom. The highest BCUT2D eigenvalue weighted by Crippen LogP contribution is 2.30. The Balaban J connectivity index is 2.21. The fraction of sp³-hybridized carbons (Fsp3) is 0.938. The first kappa shape index (κ1) is 18.2. The van der Waals surface area contributed by atoms with Crippen LogP contribution in [0.2, 0.25) is 0 Å². The third kappa shape index (κ3) is 7.67. The van der Waals surface area contributed by atoms with E-state index in [2.05, 4.69) is 22.5 Å². The van der Waals surface area contributed by atoms with E-state index in [0.717, 1.165) is 51.0 Å². The maximum Gasteiger partial charge on any atom is 0.190 e. The van der Waals surface area contributed by atoms with Crippen molar-refractivity contribution < 1.29 is 9.47 Å². The van der Waals surface area contributed by atoms with Gasteiger partial charge in [-0.3, -0.25) is 4.99 Å². The molecular formula is C16H33N3O2. The Morgan fingerprint density at radius 3 is 2.57 bits per heavy atom. The predicted octanol–water partition coefficient (Wildman–Crippen LogP) is 2.17. The molecule has 1 unspecified atom stereocenters. The van der Waals surface area contributed by atoms with Crippen LogP contribution in [0.25, 0.3) is 0 Å². The molecule has 1 fully saturated rings. The average molecular weight is 299 g/mol. The lowest BCUT2D eigenvalue weighted by molar-refractivity contribution is 0.0169. The monoisotopic (exact) mass is 299 g/mol. The zero-order chi connectivity index (χ0) is 15.3. The van der Waals surface area contributed by atoms with Gasteiger partial charge in [0.25, 0.3) is 0 Å². The van der Waals surface area contributed by atoms with Crippen molar-refractivity contribution in [2.24, 2.45) is 10.9 Å². The Bertz CT molecular complexity index is 279. The van der Waals surface area contributed by atoms with Gasteiger partial charge in [0, 0.05) is 40.5 Å². The van der Waals surface area contributed by atoms with Crippen molar-refractivity contribution in [3.8, 4) is 0 Å². The number of hydrogen-bond acceptors (Lipinski definition) is 3. The molecule has 0 aliphatic heterocycles. The molecular weight excluding hydrogens is 266 g/mol. The standard InChI is InChI=1S/C16H33N3O2/c1-4-21-15(14-8-5-6-9-14)10-12-19-16(17-2)18-11-7-13-20-3/h14-15H,4-13H2,1-3H3,(H2,17,18,19). The first-order chi connectivity index (χ1) is 10.3. The van der Waals surface area contributed by atoms with E-state index in [9.17, 15) is 0 Å². The molecule has 5 nitrogen and oxygen atoms in total. The lowest BCUT2D eigenvalue weighted by Crippen LogP contribution is -2.40. The largest absolute Gasteiger partial charge is 0.385 e. The van der Waals surface area contributed by atoms with Crippen molar-refractivity contribution >= 4 is 5.96 Å². The van der Waals surface area contributed by atoms with E-state index in [1.165, 1.54) is 25.7 Å². The third-order valence-electron chi connectivity index (χ3n) is 4.07. The highest BCUT2D eigenvalue weighted by atomic mass is 16.5. The Morgan fingerprint density at radius 2 is 1.95 bits per heavy atom. The molecule has 0 radical (unpaired) electrons. The van der Waals surface area contributed by atoms with Gasteiger partial charge in [-0.1, -0.05) is 12.8 Å². The van der Waals surface area contributed by atoms with Gasteiger partial charge < -0.3 is 20.1 Å². The molecule has 1 rings (SSSR count). The van der Waals surface area contributed by atoms with E-state index in [1.54, 1.807) is 7.11 Å². The van der Waals surface area contributed by atoms with Gasteiger partial charge in [0.1, 0.15) is 0 Å². The lowest BCUT2D eigenvalue weighted by atomic mass is 9.98. The number of nitrogens with one attached hydrogen (secondary N) is 2. The van der Waals surface area contributed by atoms with E-state index in [4.69, 9.17) is 9.47 Å². The van der Waals surface area contributed by atoms with E-state index in [0.29, 0.717) is 6.10 Å². The van der Waals surface area contributed by atoms with Gasteiger partial charge in [0.05, 0.1) is 6.10 Å². The normalized spacial score (nSPS) is 18.0. The third-order valence-corrected chi connectivity index (χ3v) is 4.07. The summed E-state index contributed by atoms with van der Waals surface area (Å²) in [7, 11) is 3.53. The number of nitrogens with zero attached hydrogens (tertiary/aromatic N) is 1. The van der Waals surface area contributed by atoms with Crippen LogP contribution in [0, 0.1) is 5.92 Å². The Labute approximate surface area is 129 Å². The second-order valence-corrected chi connectivity index (χ2v) is 5.60. The number of aliphatic imine (C=N–C) groups is 1. The van der Waals surface area contributed by atoms with Crippen molar-refractivity contribution in [3.63, 3.8) is 0 Å². The van der Waals surface area contributed by atoms with Crippen molar-refractivity contribution in [3.05, 3.63) is 0 Å². The topological polar surface area (TPSA) is 54.9 Å². The minimum Gasteiger partial charge on any atom is -0.385 e. The summed E-state index contributed by atoms with van der Waals surface area (Å²) < 4.78 is 11.0. The van der Waals surface area contributed by atoms with E-state index >= 15 is 0 Å². The molecule has 0 aromatic heterocycles. The molecule has 2 N–H and O–H groups in total. The van der Waals surface area contributed by atoms with Crippen LogP contribution in [0.3, 0.4) is 0 Å². The van der Waals surface area contributed by atoms with Gasteiger partial charge in [0.15, 0.2) is 5.96 Å². The second kappa shape index (κ2) is 11.8. The van der Waals surface area contributed by atoms with Gasteiger partial charge in [-0.25, -0.2) is 0 Å². The van der Waals surface area contributed by atoms with Crippen LogP contribution >= 0.6 is 0 Å². The average Bonchev–Trinajstić information content (AvgIpc) is 3.03. The minimum atomic E-state index is 0.400. The zero-order valence-corrected chi connectivity index (χ0v) is 14.0. The molecule has 124 valence electrons. The summed E-state index contributed by atoms with van der Waals surface area (Å²) >= 11 is 0. The summed E-state index contributed by atoms with van der Waals surface area (Å²) in [6.45, 7) is 5.46. The van der Waals surface area contributed by atoms with Crippen molar-refractivity contribution in [1.82, 2.24) is 10.6 Å². The molecule has 1 saturated carbocycles. The molecule has 0 saturated heterocycles. The molecule has 1 aliphatic rings. The van der Waals surface area contributed by atoms with Gasteiger partial charge in [-0.05, 0) is 38.5 Å². The van der Waals surface area contributed by atoms with Crippen molar-refractivity contribution in [2.45, 2.75) is 51.6 Å². The van der Waals surface area contributed by atoms with E-state index in [1.807, 2.05) is 7.05 Å². The van der Waals surface area contributed by atoms with Crippen LogP contribution in [-0.4, -0.2) is 52.5 Å². The predicted molar refractivity (Wildman–Crippen MR) is 87.8 cm³/mol. The van der Waals surface area contributed by atoms with Crippen molar-refractivity contribution in [1.29, 1.82) is 0 Å². The van der Waals surface area contributed by atoms with Gasteiger partial charge in [-0.15, -0.1) is 0 Å². The lowest BCUT2D eigenvalue weighted by Gasteiger charge is -2.24. The van der Waals surface area contributed by atoms with Crippen LogP contribution < -0.4 is 10.6 Å². The summed E-state index contributed by atoms with van der Waals surface area (Å²) in [5.74, 6) is 1.62. The maximum absolute atomic E-state index is 5.94. The summed E-state index contributed by atoms with van der Waals surface area (Å²) in [4.78, 5) is 4.24. The molecule has 0 aromatic carbocycles. The fourth-order valence-corrected chi connectivity index (χ4v) is 2.98. The van der Waals surface area contributed by atoms with Crippen LogP contribution in [0.5, 0.6) is 0 Å². The summed E-state index contributed by atoms with van der Waals surface area (Å²) in [6, 6.07) is 0. The SMILES string of the molecule is CCOC(CCNC(=NC)NCCCOC)C1CCCC1. The van der Waals surface area contributed by atoms with Crippen molar-refractivity contribution in [2.75, 3.05) is 40.5 Å². The highest BCUT2D eigenvalue weighted by molar-refractivity contribution is 5.79. The zero-order valence-electron chi connectivity index (χ0n) is 14.0. The molecule has 0 spiro atoms. The summed E-state index contributed by atoms with van der Waals surface area (Å²) in [5, 5.41) is 6.67. The Hall–Kier alpha value is -0.810. The van der Waals surface area contributed by atoms with E-state index in [-0.39, 0.29) is 0 Å². The molecule has 1 aliphatic carbocycles. The summed E-state index contributed by atoms with van der Waals surface area (Å²) in [5.41, 5.74) is 0. The van der Waals surface area contributed by atoms with Gasteiger partial charge >= 0.3 is 0 Å². The summed E-state index contributed by atoms with van der Waals surface area (Å²) in [6.07, 6.45) is 7.83. The minimum absolute atomic E-state index is 0.400.